The molecule has 2 aromatic heterocycles. The first-order valence-corrected chi connectivity index (χ1v) is 6.51. The molecule has 0 spiro atoms. The summed E-state index contributed by atoms with van der Waals surface area (Å²) in [6, 6.07) is 0. The van der Waals surface area contributed by atoms with Crippen molar-refractivity contribution in [3.8, 4) is 0 Å². The van der Waals surface area contributed by atoms with E-state index in [0.29, 0.717) is 16.7 Å². The third-order valence-electron chi connectivity index (χ3n) is 2.04. The molecule has 2 aromatic rings. The van der Waals surface area contributed by atoms with Gasteiger partial charge in [-0.05, 0) is 6.92 Å². The number of aromatic nitrogens is 3. The molecule has 2 rings (SSSR count). The highest BCUT2D eigenvalue weighted by molar-refractivity contribution is 7.16. The second kappa shape index (κ2) is 4.76. The molecule has 0 saturated heterocycles. The summed E-state index contributed by atoms with van der Waals surface area (Å²) in [5.74, 6) is -0.190. The van der Waals surface area contributed by atoms with Crippen LogP contribution in [0.2, 0.25) is 0 Å². The van der Waals surface area contributed by atoms with E-state index in [2.05, 4.69) is 15.2 Å². The molecule has 0 aromatic carbocycles. The van der Waals surface area contributed by atoms with E-state index < -0.39 is 0 Å². The number of nitrogens with zero attached hydrogens (tertiary/aromatic N) is 4. The lowest BCUT2D eigenvalue weighted by Crippen LogP contribution is -2.26. The molecule has 2 N–H and O–H groups in total. The molecule has 0 aliphatic carbocycles. The van der Waals surface area contributed by atoms with E-state index in [4.69, 9.17) is 5.73 Å². The lowest BCUT2D eigenvalue weighted by atomic mass is 10.4. The van der Waals surface area contributed by atoms with Gasteiger partial charge in [0.05, 0.1) is 17.2 Å². The monoisotopic (exact) mass is 269 g/mol. The highest BCUT2D eigenvalue weighted by Crippen LogP contribution is 2.15. The van der Waals surface area contributed by atoms with Crippen LogP contribution in [0.5, 0.6) is 0 Å². The summed E-state index contributed by atoms with van der Waals surface area (Å²) in [6.45, 7) is 2.39. The highest BCUT2D eigenvalue weighted by Gasteiger charge is 2.17. The number of amides is 1. The summed E-state index contributed by atoms with van der Waals surface area (Å²) in [6.07, 6.45) is 0. The number of rotatable bonds is 3. The Balaban J connectivity index is 2.05. The third-order valence-corrected chi connectivity index (χ3v) is 3.60. The Morgan fingerprint density at radius 1 is 1.53 bits per heavy atom. The number of nitrogens with two attached hydrogens (primary N) is 1. The van der Waals surface area contributed by atoms with Crippen LogP contribution in [0.1, 0.15) is 20.5 Å². The Hall–Kier alpha value is -1.54. The molecular formula is C9H11N5OS2. The van der Waals surface area contributed by atoms with Gasteiger partial charge in [0.2, 0.25) is 10.1 Å². The lowest BCUT2D eigenvalue weighted by Gasteiger charge is -2.13. The van der Waals surface area contributed by atoms with Crippen molar-refractivity contribution in [3.05, 3.63) is 21.1 Å². The van der Waals surface area contributed by atoms with Crippen LogP contribution in [0, 0.1) is 6.92 Å². The van der Waals surface area contributed by atoms with Crippen molar-refractivity contribution < 1.29 is 4.79 Å². The van der Waals surface area contributed by atoms with Gasteiger partial charge in [0.15, 0.2) is 0 Å². The van der Waals surface area contributed by atoms with Gasteiger partial charge in [0.25, 0.3) is 5.91 Å². The van der Waals surface area contributed by atoms with Gasteiger partial charge in [-0.15, -0.1) is 21.5 Å². The molecule has 0 aliphatic heterocycles. The van der Waals surface area contributed by atoms with Gasteiger partial charge in [0.1, 0.15) is 0 Å². The van der Waals surface area contributed by atoms with Crippen molar-refractivity contribution in [1.29, 1.82) is 0 Å². The van der Waals surface area contributed by atoms with Crippen LogP contribution in [0.3, 0.4) is 0 Å². The molecule has 0 aliphatic rings. The molecule has 90 valence electrons. The largest absolute Gasteiger partial charge is 0.374 e. The Morgan fingerprint density at radius 2 is 2.29 bits per heavy atom. The maximum Gasteiger partial charge on any atom is 0.285 e. The fourth-order valence-electron chi connectivity index (χ4n) is 1.28. The predicted molar refractivity (Wildman–Crippen MR) is 67.0 cm³/mol. The minimum absolute atomic E-state index is 0.190. The molecular weight excluding hydrogens is 258 g/mol. The summed E-state index contributed by atoms with van der Waals surface area (Å²) in [5.41, 5.74) is 6.31. The summed E-state index contributed by atoms with van der Waals surface area (Å²) in [4.78, 5) is 17.8. The zero-order chi connectivity index (χ0) is 12.4. The van der Waals surface area contributed by atoms with Crippen molar-refractivity contribution in [2.45, 2.75) is 13.5 Å². The van der Waals surface area contributed by atoms with E-state index in [1.54, 1.807) is 23.3 Å². The number of aryl methyl sites for hydroxylation is 1. The van der Waals surface area contributed by atoms with Crippen LogP contribution < -0.4 is 5.73 Å². The molecule has 0 unspecified atom stereocenters. The molecule has 0 radical (unpaired) electrons. The molecule has 0 bridgehead atoms. The number of nitrogen functional groups attached to an aromatic ring is 1. The normalized spacial score (nSPS) is 10.5. The second-order valence-corrected chi connectivity index (χ2v) is 5.54. The van der Waals surface area contributed by atoms with Gasteiger partial charge >= 0.3 is 0 Å². The standard InChI is InChI=1S/C9H11N5OS2/c1-5-11-6(4-16-5)3-14(2)8(15)7-12-13-9(10)17-7/h4H,3H2,1-2H3,(H2,10,13). The first-order valence-electron chi connectivity index (χ1n) is 4.81. The number of carbonyl (C=O) groups is 1. The Morgan fingerprint density at radius 3 is 2.82 bits per heavy atom. The Bertz CT molecular complexity index is 535. The van der Waals surface area contributed by atoms with Crippen molar-refractivity contribution in [1.82, 2.24) is 20.1 Å². The average molecular weight is 269 g/mol. The zero-order valence-electron chi connectivity index (χ0n) is 9.38. The number of hydrogen-bond donors (Lipinski definition) is 1. The minimum atomic E-state index is -0.190. The quantitative estimate of drug-likeness (QED) is 0.903. The first kappa shape index (κ1) is 11.9. The number of thiazole rings is 1. The molecule has 0 atom stereocenters. The van der Waals surface area contributed by atoms with E-state index in [1.165, 1.54) is 0 Å². The van der Waals surface area contributed by atoms with Gasteiger partial charge in [0, 0.05) is 12.4 Å². The minimum Gasteiger partial charge on any atom is -0.374 e. The van der Waals surface area contributed by atoms with E-state index in [-0.39, 0.29) is 5.91 Å². The van der Waals surface area contributed by atoms with Gasteiger partial charge in [-0.25, -0.2) is 4.98 Å². The lowest BCUT2D eigenvalue weighted by molar-refractivity contribution is 0.0782. The van der Waals surface area contributed by atoms with Crippen LogP contribution in [0.25, 0.3) is 0 Å². The van der Waals surface area contributed by atoms with Crippen molar-refractivity contribution >= 4 is 33.7 Å². The summed E-state index contributed by atoms with van der Waals surface area (Å²) < 4.78 is 0. The van der Waals surface area contributed by atoms with Gasteiger partial charge in [-0.2, -0.15) is 0 Å². The second-order valence-electron chi connectivity index (χ2n) is 3.46. The highest BCUT2D eigenvalue weighted by atomic mass is 32.1. The van der Waals surface area contributed by atoms with Crippen LogP contribution >= 0.6 is 22.7 Å². The molecule has 1 amide bonds. The van der Waals surface area contributed by atoms with Crippen LogP contribution in [0.15, 0.2) is 5.38 Å². The van der Waals surface area contributed by atoms with Gasteiger partial charge in [-0.1, -0.05) is 11.3 Å². The zero-order valence-corrected chi connectivity index (χ0v) is 11.0. The molecule has 6 nitrogen and oxygen atoms in total. The van der Waals surface area contributed by atoms with Gasteiger partial charge < -0.3 is 10.6 Å². The molecule has 2 heterocycles. The fourth-order valence-corrected chi connectivity index (χ4v) is 2.49. The fraction of sp³-hybridized carbons (Fsp3) is 0.333. The molecule has 8 heteroatoms. The summed E-state index contributed by atoms with van der Waals surface area (Å²) in [7, 11) is 1.70. The molecule has 0 fully saturated rings. The van der Waals surface area contributed by atoms with Gasteiger partial charge in [-0.3, -0.25) is 4.79 Å². The smallest absolute Gasteiger partial charge is 0.285 e. The maximum absolute atomic E-state index is 11.9. The number of carbonyl (C=O) groups excluding carboxylic acids is 1. The van der Waals surface area contributed by atoms with Crippen LogP contribution in [0.4, 0.5) is 5.13 Å². The summed E-state index contributed by atoms with van der Waals surface area (Å²) >= 11 is 2.65. The summed E-state index contributed by atoms with van der Waals surface area (Å²) in [5, 5.41) is 10.9. The van der Waals surface area contributed by atoms with Crippen molar-refractivity contribution in [3.63, 3.8) is 0 Å². The predicted octanol–water partition coefficient (Wildman–Crippen LogP) is 1.16. The van der Waals surface area contributed by atoms with E-state index >= 15 is 0 Å². The molecule has 0 saturated carbocycles. The van der Waals surface area contributed by atoms with E-state index in [1.807, 2.05) is 12.3 Å². The average Bonchev–Trinajstić information content (AvgIpc) is 2.87. The van der Waals surface area contributed by atoms with Crippen LogP contribution in [-0.4, -0.2) is 33.0 Å². The van der Waals surface area contributed by atoms with E-state index in [9.17, 15) is 4.79 Å². The Kier molecular flexibility index (Phi) is 3.34. The van der Waals surface area contributed by atoms with Crippen LogP contribution in [-0.2, 0) is 6.54 Å². The first-order chi connectivity index (χ1) is 8.06. The van der Waals surface area contributed by atoms with Crippen molar-refractivity contribution in [2.24, 2.45) is 0 Å². The number of anilines is 1. The third kappa shape index (κ3) is 2.77. The molecule has 17 heavy (non-hydrogen) atoms. The van der Waals surface area contributed by atoms with E-state index in [0.717, 1.165) is 22.0 Å². The number of hydrogen-bond acceptors (Lipinski definition) is 7. The topological polar surface area (TPSA) is 85.0 Å². The van der Waals surface area contributed by atoms with Crippen molar-refractivity contribution in [2.75, 3.05) is 12.8 Å². The SMILES string of the molecule is Cc1nc(CN(C)C(=O)c2nnc(N)s2)cs1. The maximum atomic E-state index is 11.9. The Labute approximate surface area is 106 Å².